The molecule has 13 heteroatoms. The Kier molecular flexibility index (Phi) is 31.8. The van der Waals surface area contributed by atoms with Crippen LogP contribution in [0.2, 0.25) is 0 Å². The summed E-state index contributed by atoms with van der Waals surface area (Å²) in [5.41, 5.74) is 0. The van der Waals surface area contributed by atoms with Crippen molar-refractivity contribution in [2.24, 2.45) is 11.8 Å². The Balaban J connectivity index is 2.56. The maximum atomic E-state index is 12.8. The maximum absolute atomic E-state index is 12.8. The maximum Gasteiger partial charge on any atom is 0.310 e. The number of likely N-dealkylation sites (N-methyl/N-ethyl adjacent to an activating group) is 1. The van der Waals surface area contributed by atoms with Crippen molar-refractivity contribution < 1.29 is 57.4 Å². The Morgan fingerprint density at radius 3 is 2.03 bits per heavy atom. The number of quaternary nitrogens is 1. The first-order chi connectivity index (χ1) is 29.2. The van der Waals surface area contributed by atoms with Gasteiger partial charge in [0.25, 0.3) is 7.82 Å². The van der Waals surface area contributed by atoms with Crippen LogP contribution < -0.4 is 4.89 Å². The molecule has 7 atom stereocenters. The van der Waals surface area contributed by atoms with E-state index in [1.165, 1.54) is 0 Å². The van der Waals surface area contributed by atoms with Gasteiger partial charge in [0, 0.05) is 18.8 Å². The van der Waals surface area contributed by atoms with Crippen LogP contribution in [-0.4, -0.2) is 104 Å². The lowest BCUT2D eigenvalue weighted by molar-refractivity contribution is -0.870. The van der Waals surface area contributed by atoms with Gasteiger partial charge in [-0.25, -0.2) is 0 Å². The fourth-order valence-corrected chi connectivity index (χ4v) is 7.15. The van der Waals surface area contributed by atoms with Gasteiger partial charge in [-0.2, -0.15) is 0 Å². The molecule has 1 rings (SSSR count). The minimum Gasteiger partial charge on any atom is -0.756 e. The van der Waals surface area contributed by atoms with Gasteiger partial charge in [0.2, 0.25) is 0 Å². The zero-order valence-electron chi connectivity index (χ0n) is 37.9. The molecular weight excluding hydrogens is 797 g/mol. The first-order valence-electron chi connectivity index (χ1n) is 22.6. The summed E-state index contributed by atoms with van der Waals surface area (Å²) in [6.45, 7) is 3.56. The van der Waals surface area contributed by atoms with Crippen molar-refractivity contribution in [1.82, 2.24) is 0 Å². The molecule has 12 nitrogen and oxygen atoms in total. The summed E-state index contributed by atoms with van der Waals surface area (Å²) in [6, 6.07) is 0. The Labute approximate surface area is 368 Å². The van der Waals surface area contributed by atoms with E-state index in [1.807, 2.05) is 21.1 Å². The Bertz CT molecular complexity index is 1430. The second kappa shape index (κ2) is 34.5. The summed E-state index contributed by atoms with van der Waals surface area (Å²) >= 11 is 0. The summed E-state index contributed by atoms with van der Waals surface area (Å²) in [5, 5.41) is 31.4. The second-order valence-corrected chi connectivity index (χ2v) is 18.1. The minimum atomic E-state index is -4.73. The van der Waals surface area contributed by atoms with E-state index in [4.69, 9.17) is 18.5 Å². The fourth-order valence-electron chi connectivity index (χ4n) is 6.42. The molecule has 0 heterocycles. The molecule has 0 aromatic rings. The first-order valence-corrected chi connectivity index (χ1v) is 24.0. The van der Waals surface area contributed by atoms with Gasteiger partial charge in [-0.05, 0) is 70.1 Å². The Morgan fingerprint density at radius 1 is 0.770 bits per heavy atom. The molecule has 0 radical (unpaired) electrons. The summed E-state index contributed by atoms with van der Waals surface area (Å²) in [6.07, 6.45) is 37.4. The monoisotopic (exact) mass is 878 g/mol. The van der Waals surface area contributed by atoms with E-state index >= 15 is 0 Å². The molecular formula is C48H80NO11P. The minimum absolute atomic E-state index is 0.0987. The van der Waals surface area contributed by atoms with Crippen LogP contribution in [0.1, 0.15) is 123 Å². The molecule has 1 aliphatic rings. The van der Waals surface area contributed by atoms with Crippen LogP contribution in [-0.2, 0) is 32.7 Å². The summed E-state index contributed by atoms with van der Waals surface area (Å²) < 4.78 is 33.8. The summed E-state index contributed by atoms with van der Waals surface area (Å²) in [4.78, 5) is 37.8. The standard InChI is InChI=1S/C48H80NO11P/c1-6-8-10-11-12-13-14-15-16-17-18-19-20-21-22-23-24-25-27-32-47(53)57-39-42(40-59-61(55,56)58-37-36-49(3,4)5)60-48(54)33-29-28-31-43-44(46(52)38-45(43)51)35-34-41(50)30-26-9-7-2/h8,10,12-13,15-16,18-19,21-22,28-29,34-35,41-46,50-52H,6-7,9,11,14,17,20,23-27,30-33,36-40H2,1-5H3/b10-8-,13-12-,16-15-,19-18-,22-21-,29-28-,35-34+/t41-,42-,43+,44-,45+,46-/m1/s1. The third-order valence-corrected chi connectivity index (χ3v) is 11.0. The molecule has 0 bridgehead atoms. The molecule has 1 fully saturated rings. The number of carbonyl (C=O) groups excluding carboxylic acids is 2. The van der Waals surface area contributed by atoms with Crippen molar-refractivity contribution >= 4 is 19.8 Å². The van der Waals surface area contributed by atoms with Gasteiger partial charge in [0.1, 0.15) is 19.8 Å². The quantitative estimate of drug-likeness (QED) is 0.0183. The number of hydrogen-bond donors (Lipinski definition) is 3. The van der Waals surface area contributed by atoms with Crippen molar-refractivity contribution in [1.29, 1.82) is 0 Å². The highest BCUT2D eigenvalue weighted by atomic mass is 31.2. The number of esters is 2. The van der Waals surface area contributed by atoms with Crippen molar-refractivity contribution in [3.8, 4) is 0 Å². The molecule has 0 aromatic carbocycles. The van der Waals surface area contributed by atoms with E-state index in [9.17, 15) is 34.4 Å². The highest BCUT2D eigenvalue weighted by molar-refractivity contribution is 7.45. The molecule has 0 amide bonds. The van der Waals surface area contributed by atoms with Crippen molar-refractivity contribution in [3.05, 3.63) is 85.1 Å². The van der Waals surface area contributed by atoms with E-state index in [2.05, 4.69) is 74.6 Å². The van der Waals surface area contributed by atoms with Crippen molar-refractivity contribution in [2.45, 2.75) is 147 Å². The van der Waals surface area contributed by atoms with Gasteiger partial charge >= 0.3 is 11.9 Å². The SMILES string of the molecule is CC/C=C\C/C=C\C/C=C\C/C=C\C/C=C\CCCCCC(=O)OC[C@H](COP(=O)([O-])OCC[N+](C)(C)C)OC(=O)C/C=C\C[C@H]1[C@@H](/C=C/[C@H](O)CCCCC)[C@H](O)C[C@@H]1O. The average molecular weight is 878 g/mol. The lowest BCUT2D eigenvalue weighted by Gasteiger charge is -2.28. The molecule has 0 aliphatic heterocycles. The smallest absolute Gasteiger partial charge is 0.310 e. The van der Waals surface area contributed by atoms with Crippen molar-refractivity contribution in [3.63, 3.8) is 0 Å². The van der Waals surface area contributed by atoms with E-state index in [1.54, 1.807) is 24.3 Å². The fraction of sp³-hybridized carbons (Fsp3) is 0.667. The first kappa shape index (κ1) is 56.1. The topological polar surface area (TPSA) is 172 Å². The number of allylic oxidation sites excluding steroid dienone is 11. The van der Waals surface area contributed by atoms with E-state index in [0.717, 1.165) is 70.6 Å². The number of phosphoric ester groups is 1. The summed E-state index contributed by atoms with van der Waals surface area (Å²) in [5.74, 6) is -1.83. The third-order valence-electron chi connectivity index (χ3n) is 10.0. The molecule has 61 heavy (non-hydrogen) atoms. The number of phosphoric acid groups is 1. The van der Waals surface area contributed by atoms with Crippen LogP contribution in [0, 0.1) is 11.8 Å². The van der Waals surface area contributed by atoms with Gasteiger partial charge in [0.15, 0.2) is 6.10 Å². The lowest BCUT2D eigenvalue weighted by Crippen LogP contribution is -2.37. The number of ether oxygens (including phenoxy) is 2. The predicted octanol–water partition coefficient (Wildman–Crippen LogP) is 8.54. The molecule has 348 valence electrons. The lowest BCUT2D eigenvalue weighted by atomic mass is 9.89. The normalized spacial score (nSPS) is 21.0. The molecule has 0 spiro atoms. The summed E-state index contributed by atoms with van der Waals surface area (Å²) in [7, 11) is 0.935. The van der Waals surface area contributed by atoms with Crippen LogP contribution in [0.15, 0.2) is 85.1 Å². The number of aliphatic hydroxyl groups is 3. The number of aliphatic hydroxyl groups excluding tert-OH is 3. The van der Waals surface area contributed by atoms with E-state index in [-0.39, 0.29) is 37.7 Å². The molecule has 1 unspecified atom stereocenters. The van der Waals surface area contributed by atoms with Crippen molar-refractivity contribution in [2.75, 3.05) is 47.5 Å². The molecule has 0 aromatic heterocycles. The Morgan fingerprint density at radius 2 is 1.41 bits per heavy atom. The van der Waals surface area contributed by atoms with Gasteiger partial charge < -0.3 is 43.2 Å². The predicted molar refractivity (Wildman–Crippen MR) is 242 cm³/mol. The van der Waals surface area contributed by atoms with Gasteiger partial charge in [0.05, 0.1) is 52.5 Å². The number of unbranched alkanes of at least 4 members (excludes halogenated alkanes) is 5. The largest absolute Gasteiger partial charge is 0.756 e. The zero-order chi connectivity index (χ0) is 45.2. The number of hydrogen-bond acceptors (Lipinski definition) is 11. The third kappa shape index (κ3) is 31.5. The van der Waals surface area contributed by atoms with Gasteiger partial charge in [-0.3, -0.25) is 14.2 Å². The second-order valence-electron chi connectivity index (χ2n) is 16.7. The van der Waals surface area contributed by atoms with Crippen LogP contribution in [0.5, 0.6) is 0 Å². The highest BCUT2D eigenvalue weighted by Gasteiger charge is 2.39. The number of rotatable bonds is 35. The van der Waals surface area contributed by atoms with Crippen LogP contribution >= 0.6 is 7.82 Å². The van der Waals surface area contributed by atoms with E-state index in [0.29, 0.717) is 30.3 Å². The Hall–Kier alpha value is -2.93. The van der Waals surface area contributed by atoms with Crippen LogP contribution in [0.3, 0.4) is 0 Å². The molecule has 1 aliphatic carbocycles. The van der Waals surface area contributed by atoms with Gasteiger partial charge in [-0.1, -0.05) is 125 Å². The number of nitrogens with zero attached hydrogens (tertiary/aromatic N) is 1. The van der Waals surface area contributed by atoms with Gasteiger partial charge in [-0.15, -0.1) is 0 Å². The van der Waals surface area contributed by atoms with Crippen LogP contribution in [0.4, 0.5) is 0 Å². The highest BCUT2D eigenvalue weighted by Crippen LogP contribution is 2.38. The van der Waals surface area contributed by atoms with Crippen LogP contribution in [0.25, 0.3) is 0 Å². The molecule has 3 N–H and O–H groups in total. The molecule has 1 saturated carbocycles. The number of carbonyl (C=O) groups is 2. The molecule has 0 saturated heterocycles. The van der Waals surface area contributed by atoms with E-state index < -0.39 is 57.4 Å². The zero-order valence-corrected chi connectivity index (χ0v) is 38.8. The average Bonchev–Trinajstić information content (AvgIpc) is 3.47.